The molecule has 9 heteroatoms. The van der Waals surface area contributed by atoms with Crippen molar-refractivity contribution < 1.29 is 28.7 Å². The highest BCUT2D eigenvalue weighted by Crippen LogP contribution is 2.27. The topological polar surface area (TPSA) is 114 Å². The van der Waals surface area contributed by atoms with Crippen molar-refractivity contribution in [2.45, 2.75) is 111 Å². The number of carbonyl (C=O) groups excluding carboxylic acids is 4. The van der Waals surface area contributed by atoms with Gasteiger partial charge in [0.05, 0.1) is 0 Å². The second-order valence-corrected chi connectivity index (χ2v) is 13.2. The Bertz CT molecular complexity index is 1260. The number of aryl methyl sites for hydroxylation is 2. The molecular formula is C35H51N3O6. The third kappa shape index (κ3) is 12.4. The molecule has 0 aliphatic rings. The Morgan fingerprint density at radius 3 is 2.07 bits per heavy atom. The summed E-state index contributed by atoms with van der Waals surface area (Å²) >= 11 is 0. The average Bonchev–Trinajstić information content (AvgIpc) is 2.90. The summed E-state index contributed by atoms with van der Waals surface area (Å²) in [6, 6.07) is 13.0. The number of rotatable bonds is 13. The van der Waals surface area contributed by atoms with Crippen LogP contribution in [0.5, 0.6) is 0 Å². The van der Waals surface area contributed by atoms with Gasteiger partial charge < -0.3 is 25.0 Å². The maximum Gasteiger partial charge on any atom is 0.408 e. The minimum Gasteiger partial charge on any atom is -0.458 e. The van der Waals surface area contributed by atoms with Gasteiger partial charge in [0.1, 0.15) is 29.8 Å². The van der Waals surface area contributed by atoms with Crippen molar-refractivity contribution in [2.75, 3.05) is 13.1 Å². The number of hydrogen-bond acceptors (Lipinski definition) is 6. The fourth-order valence-electron chi connectivity index (χ4n) is 4.74. The van der Waals surface area contributed by atoms with Crippen LogP contribution in [0.1, 0.15) is 96.0 Å². The van der Waals surface area contributed by atoms with Gasteiger partial charge in [0.15, 0.2) is 0 Å². The summed E-state index contributed by atoms with van der Waals surface area (Å²) in [6.45, 7) is 16.4. The Labute approximate surface area is 263 Å². The van der Waals surface area contributed by atoms with E-state index in [0.717, 1.165) is 29.5 Å². The SMILES string of the molecule is CCCCCN(C(=O)CNC(=O)OC(C)(C)C)C(C(=O)NC(Cc1ccccc1)C(=O)OC(C)(C)C)c1ccc(C)cc1C. The zero-order valence-electron chi connectivity index (χ0n) is 27.9. The summed E-state index contributed by atoms with van der Waals surface area (Å²) in [5, 5.41) is 5.47. The number of alkyl carbamates (subject to hydrolysis) is 1. The van der Waals surface area contributed by atoms with E-state index in [1.807, 2.05) is 62.4 Å². The summed E-state index contributed by atoms with van der Waals surface area (Å²) < 4.78 is 11.0. The molecule has 0 saturated carbocycles. The molecule has 2 aromatic carbocycles. The third-order valence-electron chi connectivity index (χ3n) is 6.68. The first-order chi connectivity index (χ1) is 20.5. The highest BCUT2D eigenvalue weighted by atomic mass is 16.6. The van der Waals surface area contributed by atoms with E-state index in [1.54, 1.807) is 41.5 Å². The van der Waals surface area contributed by atoms with E-state index >= 15 is 0 Å². The second-order valence-electron chi connectivity index (χ2n) is 13.2. The molecule has 0 fully saturated rings. The van der Waals surface area contributed by atoms with Gasteiger partial charge in [-0.15, -0.1) is 0 Å². The summed E-state index contributed by atoms with van der Waals surface area (Å²) in [7, 11) is 0. The molecule has 0 bridgehead atoms. The van der Waals surface area contributed by atoms with E-state index in [4.69, 9.17) is 9.47 Å². The normalized spacial score (nSPS) is 12.9. The first-order valence-corrected chi connectivity index (χ1v) is 15.4. The van der Waals surface area contributed by atoms with E-state index in [-0.39, 0.29) is 19.5 Å². The van der Waals surface area contributed by atoms with Crippen molar-refractivity contribution in [3.63, 3.8) is 0 Å². The van der Waals surface area contributed by atoms with Crippen molar-refractivity contribution >= 4 is 23.9 Å². The van der Waals surface area contributed by atoms with Gasteiger partial charge in [-0.3, -0.25) is 9.59 Å². The molecule has 2 atom stereocenters. The molecule has 3 amide bonds. The van der Waals surface area contributed by atoms with Gasteiger partial charge in [-0.2, -0.15) is 0 Å². The lowest BCUT2D eigenvalue weighted by Crippen LogP contribution is -2.52. The molecule has 2 N–H and O–H groups in total. The molecule has 0 aliphatic carbocycles. The Kier molecular flexibility index (Phi) is 13.4. The standard InChI is InChI=1S/C35H51N3O6/c1-10-11-15-20-38(29(39)23-36-33(42)44-35(7,8)9)30(27-19-18-24(2)21-25(27)3)31(40)37-28(32(41)43-34(4,5)6)22-26-16-13-12-14-17-26/h12-14,16-19,21,28,30H,10-11,15,20,22-23H2,1-9H3,(H,36,42)(H,37,40). The number of hydrogen-bond donors (Lipinski definition) is 2. The smallest absolute Gasteiger partial charge is 0.408 e. The summed E-state index contributed by atoms with van der Waals surface area (Å²) in [5.74, 6) is -1.51. The first kappa shape index (κ1) is 36.3. The van der Waals surface area contributed by atoms with E-state index in [9.17, 15) is 19.2 Å². The zero-order chi connectivity index (χ0) is 33.1. The fourth-order valence-corrected chi connectivity index (χ4v) is 4.74. The van der Waals surface area contributed by atoms with Crippen molar-refractivity contribution in [1.82, 2.24) is 15.5 Å². The highest BCUT2D eigenvalue weighted by molar-refractivity contribution is 5.93. The van der Waals surface area contributed by atoms with Gasteiger partial charge in [0, 0.05) is 13.0 Å². The quantitative estimate of drug-likeness (QED) is 0.214. The van der Waals surface area contributed by atoms with Gasteiger partial charge in [-0.1, -0.05) is 73.9 Å². The number of esters is 1. The lowest BCUT2D eigenvalue weighted by molar-refractivity contribution is -0.159. The van der Waals surface area contributed by atoms with Crippen LogP contribution >= 0.6 is 0 Å². The zero-order valence-corrected chi connectivity index (χ0v) is 27.9. The molecule has 44 heavy (non-hydrogen) atoms. The Morgan fingerprint density at radius 1 is 0.864 bits per heavy atom. The average molecular weight is 610 g/mol. The van der Waals surface area contributed by atoms with Gasteiger partial charge in [-0.05, 0) is 78.5 Å². The van der Waals surface area contributed by atoms with Crippen LogP contribution in [0.15, 0.2) is 48.5 Å². The van der Waals surface area contributed by atoms with Gasteiger partial charge in [-0.25, -0.2) is 9.59 Å². The molecule has 0 spiro atoms. The number of unbranched alkanes of at least 4 members (excludes halogenated alkanes) is 2. The number of amides is 3. The highest BCUT2D eigenvalue weighted by Gasteiger charge is 2.36. The monoisotopic (exact) mass is 609 g/mol. The number of nitrogens with one attached hydrogen (secondary N) is 2. The van der Waals surface area contributed by atoms with Gasteiger partial charge in [0.25, 0.3) is 0 Å². The van der Waals surface area contributed by atoms with E-state index in [1.165, 1.54) is 4.90 Å². The summed E-state index contributed by atoms with van der Waals surface area (Å²) in [4.78, 5) is 55.4. The van der Waals surface area contributed by atoms with Crippen LogP contribution in [0.3, 0.4) is 0 Å². The van der Waals surface area contributed by atoms with Crippen LogP contribution in [0, 0.1) is 13.8 Å². The van der Waals surface area contributed by atoms with Crippen LogP contribution in [0.25, 0.3) is 0 Å². The fraction of sp³-hybridized carbons (Fsp3) is 0.543. The molecule has 0 radical (unpaired) electrons. The molecule has 242 valence electrons. The Balaban J connectivity index is 2.52. The van der Waals surface area contributed by atoms with Crippen molar-refractivity contribution in [1.29, 1.82) is 0 Å². The molecule has 0 saturated heterocycles. The van der Waals surface area contributed by atoms with E-state index in [0.29, 0.717) is 12.0 Å². The minimum absolute atomic E-state index is 0.213. The van der Waals surface area contributed by atoms with Crippen molar-refractivity contribution in [3.8, 4) is 0 Å². The van der Waals surface area contributed by atoms with Gasteiger partial charge >= 0.3 is 12.1 Å². The maximum absolute atomic E-state index is 14.3. The van der Waals surface area contributed by atoms with Crippen molar-refractivity contribution in [2.24, 2.45) is 0 Å². The maximum atomic E-state index is 14.3. The Hall–Kier alpha value is -3.88. The minimum atomic E-state index is -1.05. The molecule has 2 aromatic rings. The van der Waals surface area contributed by atoms with Crippen LogP contribution < -0.4 is 10.6 Å². The van der Waals surface area contributed by atoms with Crippen LogP contribution in [-0.2, 0) is 30.3 Å². The van der Waals surface area contributed by atoms with Crippen molar-refractivity contribution in [3.05, 3.63) is 70.8 Å². The summed E-state index contributed by atoms with van der Waals surface area (Å²) in [5.41, 5.74) is 1.83. The molecular weight excluding hydrogens is 558 g/mol. The number of nitrogens with zero attached hydrogens (tertiary/aromatic N) is 1. The predicted molar refractivity (Wildman–Crippen MR) is 172 cm³/mol. The Morgan fingerprint density at radius 2 is 1.50 bits per heavy atom. The number of carbonyl (C=O) groups is 4. The summed E-state index contributed by atoms with van der Waals surface area (Å²) in [6.07, 6.45) is 1.91. The number of benzene rings is 2. The largest absolute Gasteiger partial charge is 0.458 e. The lowest BCUT2D eigenvalue weighted by Gasteiger charge is -2.34. The molecule has 0 aliphatic heterocycles. The first-order valence-electron chi connectivity index (χ1n) is 15.4. The van der Waals surface area contributed by atoms with Gasteiger partial charge in [0.2, 0.25) is 11.8 Å². The predicted octanol–water partition coefficient (Wildman–Crippen LogP) is 5.96. The number of ether oxygens (including phenoxy) is 2. The molecule has 9 nitrogen and oxygen atoms in total. The van der Waals surface area contributed by atoms with E-state index in [2.05, 4.69) is 17.6 Å². The van der Waals surface area contributed by atoms with E-state index < -0.39 is 47.2 Å². The molecule has 0 heterocycles. The molecule has 0 aromatic heterocycles. The lowest BCUT2D eigenvalue weighted by atomic mass is 9.96. The van der Waals surface area contributed by atoms with Crippen LogP contribution in [0.4, 0.5) is 4.79 Å². The molecule has 2 unspecified atom stereocenters. The second kappa shape index (κ2) is 16.3. The molecule has 2 rings (SSSR count). The van der Waals surface area contributed by atoms with Crippen LogP contribution in [0.2, 0.25) is 0 Å². The van der Waals surface area contributed by atoms with Crippen LogP contribution in [-0.4, -0.2) is 59.1 Å². The third-order valence-corrected chi connectivity index (χ3v) is 6.68.